The third-order valence-corrected chi connectivity index (χ3v) is 3.10. The molecule has 0 aromatic heterocycles. The highest BCUT2D eigenvalue weighted by Gasteiger charge is 2.41. The Labute approximate surface area is 106 Å². The number of hydrogen-bond donors (Lipinski definition) is 3. The average Bonchev–Trinajstić information content (AvgIpc) is 2.53. The van der Waals surface area contributed by atoms with Gasteiger partial charge in [0, 0.05) is 6.42 Å². The van der Waals surface area contributed by atoms with Gasteiger partial charge in [0.25, 0.3) is 5.91 Å². The van der Waals surface area contributed by atoms with Crippen molar-refractivity contribution in [1.82, 2.24) is 10.6 Å². The van der Waals surface area contributed by atoms with Crippen LogP contribution in [-0.2, 0) is 17.6 Å². The van der Waals surface area contributed by atoms with E-state index in [0.29, 0.717) is 13.0 Å². The number of amides is 3. The van der Waals surface area contributed by atoms with E-state index >= 15 is 0 Å². The van der Waals surface area contributed by atoms with E-state index in [9.17, 15) is 9.59 Å². The molecule has 3 amide bonds. The maximum Gasteiger partial charge on any atom is 0.322 e. The first-order valence-corrected chi connectivity index (χ1v) is 5.95. The molecule has 1 fully saturated rings. The predicted molar refractivity (Wildman–Crippen MR) is 68.0 cm³/mol. The van der Waals surface area contributed by atoms with Crippen LogP contribution in [0.5, 0.6) is 0 Å². The van der Waals surface area contributed by atoms with Crippen LogP contribution < -0.4 is 16.4 Å². The number of carbonyl (C=O) groups is 2. The molecule has 96 valence electrons. The molecule has 1 aliphatic heterocycles. The molecule has 18 heavy (non-hydrogen) atoms. The van der Waals surface area contributed by atoms with Crippen LogP contribution in [0.25, 0.3) is 0 Å². The molecule has 0 bridgehead atoms. The van der Waals surface area contributed by atoms with Crippen molar-refractivity contribution in [1.29, 1.82) is 0 Å². The summed E-state index contributed by atoms with van der Waals surface area (Å²) < 4.78 is 0. The van der Waals surface area contributed by atoms with Gasteiger partial charge in [-0.1, -0.05) is 24.3 Å². The summed E-state index contributed by atoms with van der Waals surface area (Å²) in [6.07, 6.45) is 1.28. The molecule has 0 spiro atoms. The Morgan fingerprint density at radius 3 is 2.61 bits per heavy atom. The third-order valence-electron chi connectivity index (χ3n) is 3.10. The summed E-state index contributed by atoms with van der Waals surface area (Å²) in [5.74, 6) is -0.281. The van der Waals surface area contributed by atoms with Crippen molar-refractivity contribution in [2.24, 2.45) is 5.73 Å². The van der Waals surface area contributed by atoms with E-state index in [1.54, 1.807) is 6.92 Å². The van der Waals surface area contributed by atoms with E-state index in [0.717, 1.165) is 17.5 Å². The van der Waals surface area contributed by atoms with Crippen LogP contribution in [-0.4, -0.2) is 24.0 Å². The number of rotatable bonds is 4. The van der Waals surface area contributed by atoms with Gasteiger partial charge >= 0.3 is 6.03 Å². The lowest BCUT2D eigenvalue weighted by Crippen LogP contribution is -2.45. The minimum atomic E-state index is -0.863. The summed E-state index contributed by atoms with van der Waals surface area (Å²) in [5.41, 5.74) is 6.81. The van der Waals surface area contributed by atoms with Gasteiger partial charge in [-0.25, -0.2) is 4.79 Å². The van der Waals surface area contributed by atoms with E-state index in [4.69, 9.17) is 5.73 Å². The summed E-state index contributed by atoms with van der Waals surface area (Å²) in [6, 6.07) is 7.49. The molecule has 1 saturated heterocycles. The molecule has 1 atom stereocenters. The van der Waals surface area contributed by atoms with Gasteiger partial charge in [0.2, 0.25) is 0 Å². The SMILES string of the molecule is CC1(Cc2cccc(CCN)c2)NC(=O)NC1=O. The number of nitrogens with one attached hydrogen (secondary N) is 2. The number of benzene rings is 1. The van der Waals surface area contributed by atoms with Gasteiger partial charge in [0.15, 0.2) is 0 Å². The van der Waals surface area contributed by atoms with Crippen molar-refractivity contribution >= 4 is 11.9 Å². The van der Waals surface area contributed by atoms with E-state index in [1.165, 1.54) is 0 Å². The third kappa shape index (κ3) is 2.51. The van der Waals surface area contributed by atoms with Gasteiger partial charge < -0.3 is 11.1 Å². The highest BCUT2D eigenvalue weighted by molar-refractivity contribution is 6.06. The maximum atomic E-state index is 11.7. The van der Waals surface area contributed by atoms with Gasteiger partial charge in [-0.3, -0.25) is 10.1 Å². The van der Waals surface area contributed by atoms with Crippen molar-refractivity contribution in [3.8, 4) is 0 Å². The summed E-state index contributed by atoms with van der Waals surface area (Å²) >= 11 is 0. The normalized spacial score (nSPS) is 22.8. The van der Waals surface area contributed by atoms with Crippen LogP contribution in [0, 0.1) is 0 Å². The van der Waals surface area contributed by atoms with Crippen molar-refractivity contribution in [2.45, 2.75) is 25.3 Å². The Hall–Kier alpha value is -1.88. The fourth-order valence-electron chi connectivity index (χ4n) is 2.17. The molecule has 4 N–H and O–H groups in total. The maximum absolute atomic E-state index is 11.7. The fourth-order valence-corrected chi connectivity index (χ4v) is 2.17. The van der Waals surface area contributed by atoms with Crippen LogP contribution in [0.3, 0.4) is 0 Å². The van der Waals surface area contributed by atoms with Crippen molar-refractivity contribution in [3.63, 3.8) is 0 Å². The van der Waals surface area contributed by atoms with Gasteiger partial charge in [0.1, 0.15) is 5.54 Å². The van der Waals surface area contributed by atoms with Crippen LogP contribution in [0.15, 0.2) is 24.3 Å². The molecule has 0 saturated carbocycles. The van der Waals surface area contributed by atoms with Gasteiger partial charge in [-0.15, -0.1) is 0 Å². The molecule has 1 aromatic rings. The van der Waals surface area contributed by atoms with E-state index in [2.05, 4.69) is 10.6 Å². The highest BCUT2D eigenvalue weighted by Crippen LogP contribution is 2.18. The van der Waals surface area contributed by atoms with E-state index in [1.807, 2.05) is 24.3 Å². The smallest absolute Gasteiger partial charge is 0.322 e. The van der Waals surface area contributed by atoms with Gasteiger partial charge in [-0.05, 0) is 31.0 Å². The topological polar surface area (TPSA) is 84.2 Å². The Kier molecular flexibility index (Phi) is 3.34. The minimum absolute atomic E-state index is 0.281. The lowest BCUT2D eigenvalue weighted by Gasteiger charge is -2.20. The van der Waals surface area contributed by atoms with Gasteiger partial charge in [0.05, 0.1) is 0 Å². The van der Waals surface area contributed by atoms with Crippen LogP contribution in [0.4, 0.5) is 4.79 Å². The van der Waals surface area contributed by atoms with Crippen LogP contribution >= 0.6 is 0 Å². The molecule has 2 rings (SSSR count). The van der Waals surface area contributed by atoms with E-state index < -0.39 is 11.6 Å². The zero-order chi connectivity index (χ0) is 13.2. The van der Waals surface area contributed by atoms with Crippen molar-refractivity contribution < 1.29 is 9.59 Å². The molecule has 0 aliphatic carbocycles. The monoisotopic (exact) mass is 247 g/mol. The average molecular weight is 247 g/mol. The molecule has 5 nitrogen and oxygen atoms in total. The van der Waals surface area contributed by atoms with Crippen molar-refractivity contribution in [3.05, 3.63) is 35.4 Å². The van der Waals surface area contributed by atoms with Crippen LogP contribution in [0.2, 0.25) is 0 Å². The Bertz CT molecular complexity index is 487. The first-order chi connectivity index (χ1) is 8.53. The molecule has 1 unspecified atom stereocenters. The fraction of sp³-hybridized carbons (Fsp3) is 0.385. The molecular formula is C13H17N3O2. The van der Waals surface area contributed by atoms with E-state index in [-0.39, 0.29) is 5.91 Å². The first-order valence-electron chi connectivity index (χ1n) is 5.95. The summed E-state index contributed by atoms with van der Waals surface area (Å²) in [5, 5.41) is 4.91. The predicted octanol–water partition coefficient (Wildman–Crippen LogP) is 0.328. The largest absolute Gasteiger partial charge is 0.330 e. The summed E-state index contributed by atoms with van der Waals surface area (Å²) in [4.78, 5) is 22.9. The molecular weight excluding hydrogens is 230 g/mol. The number of hydrogen-bond acceptors (Lipinski definition) is 3. The lowest BCUT2D eigenvalue weighted by molar-refractivity contribution is -0.123. The highest BCUT2D eigenvalue weighted by atomic mass is 16.2. The van der Waals surface area contributed by atoms with Gasteiger partial charge in [-0.2, -0.15) is 0 Å². The second-order valence-corrected chi connectivity index (χ2v) is 4.78. The first kappa shape index (κ1) is 12.6. The molecule has 1 aliphatic rings. The molecule has 1 aromatic carbocycles. The standard InChI is InChI=1S/C13H17N3O2/c1-13(11(17)15-12(18)16-13)8-10-4-2-3-9(7-10)5-6-14/h2-4,7H,5-6,8,14H2,1H3,(H2,15,16,17,18). The Morgan fingerprint density at radius 1 is 1.28 bits per heavy atom. The Morgan fingerprint density at radius 2 is 2.00 bits per heavy atom. The van der Waals surface area contributed by atoms with Crippen molar-refractivity contribution in [2.75, 3.05) is 6.54 Å². The molecule has 5 heteroatoms. The second kappa shape index (κ2) is 4.78. The zero-order valence-electron chi connectivity index (χ0n) is 10.3. The Balaban J connectivity index is 2.16. The summed E-state index contributed by atoms with van der Waals surface area (Å²) in [6.45, 7) is 2.32. The number of urea groups is 1. The lowest BCUT2D eigenvalue weighted by atomic mass is 9.92. The molecule has 0 radical (unpaired) electrons. The number of carbonyl (C=O) groups excluding carboxylic acids is 2. The second-order valence-electron chi connectivity index (χ2n) is 4.78. The molecule has 1 heterocycles. The zero-order valence-corrected chi connectivity index (χ0v) is 10.3. The number of imide groups is 1. The van der Waals surface area contributed by atoms with Crippen LogP contribution in [0.1, 0.15) is 18.1 Å². The quantitative estimate of drug-likeness (QED) is 0.670. The summed E-state index contributed by atoms with van der Waals surface area (Å²) in [7, 11) is 0. The number of nitrogens with two attached hydrogens (primary N) is 1. The minimum Gasteiger partial charge on any atom is -0.330 e.